The van der Waals surface area contributed by atoms with Crippen molar-refractivity contribution in [3.8, 4) is 0 Å². The molecule has 0 N–H and O–H groups in total. The van der Waals surface area contributed by atoms with Gasteiger partial charge in [-0.15, -0.1) is 0 Å². The quantitative estimate of drug-likeness (QED) is 0.415. The molecule has 6 heteroatoms. The minimum atomic E-state index is -0.831. The first kappa shape index (κ1) is 13.5. The van der Waals surface area contributed by atoms with Crippen molar-refractivity contribution in [3.63, 3.8) is 0 Å². The Morgan fingerprint density at radius 3 is 2.35 bits per heavy atom. The molecule has 6 nitrogen and oxygen atoms in total. The fourth-order valence-electron chi connectivity index (χ4n) is 1.42. The van der Waals surface area contributed by atoms with E-state index < -0.39 is 29.7 Å². The van der Waals surface area contributed by atoms with Crippen molar-refractivity contribution in [1.82, 2.24) is 4.90 Å². The molecule has 2 atom stereocenters. The summed E-state index contributed by atoms with van der Waals surface area (Å²) in [5.74, 6) is -0.574. The van der Waals surface area contributed by atoms with Gasteiger partial charge in [0.25, 0.3) is 0 Å². The van der Waals surface area contributed by atoms with Gasteiger partial charge in [-0.05, 0) is 27.7 Å². The van der Waals surface area contributed by atoms with E-state index in [9.17, 15) is 14.4 Å². The molecule has 0 spiro atoms. The number of ether oxygens (including phenoxy) is 2. The van der Waals surface area contributed by atoms with Crippen LogP contribution in [-0.4, -0.2) is 47.5 Å². The van der Waals surface area contributed by atoms with Crippen molar-refractivity contribution in [2.45, 2.75) is 45.4 Å². The second kappa shape index (κ2) is 4.73. The number of esters is 1. The summed E-state index contributed by atoms with van der Waals surface area (Å²) in [6.07, 6.45) is -0.126. The van der Waals surface area contributed by atoms with Crippen LogP contribution >= 0.6 is 0 Å². The third-order valence-electron chi connectivity index (χ3n) is 2.13. The molecular weight excluding hydrogens is 226 g/mol. The minimum Gasteiger partial charge on any atom is -0.464 e. The highest BCUT2D eigenvalue weighted by atomic mass is 16.6. The average Bonchev–Trinajstić information content (AvgIpc) is 2.89. The Labute approximate surface area is 99.9 Å². The number of carbonyl (C=O) groups is 3. The first-order chi connectivity index (χ1) is 7.81. The number of hydrogen-bond acceptors (Lipinski definition) is 5. The lowest BCUT2D eigenvalue weighted by Gasteiger charge is -2.19. The fraction of sp³-hybridized carbons (Fsp3) is 0.727. The van der Waals surface area contributed by atoms with Gasteiger partial charge in [0, 0.05) is 0 Å². The van der Waals surface area contributed by atoms with Crippen LogP contribution in [0, 0.1) is 0 Å². The zero-order valence-corrected chi connectivity index (χ0v) is 10.4. The molecule has 0 unspecified atom stereocenters. The largest absolute Gasteiger partial charge is 0.464 e. The number of hydrogen-bond donors (Lipinski definition) is 0. The third-order valence-corrected chi connectivity index (χ3v) is 2.13. The number of aldehydes is 1. The normalized spacial score (nSPS) is 22.9. The Hall–Kier alpha value is -1.59. The predicted molar refractivity (Wildman–Crippen MR) is 58.3 cm³/mol. The van der Waals surface area contributed by atoms with Gasteiger partial charge in [-0.25, -0.2) is 9.59 Å². The fourth-order valence-corrected chi connectivity index (χ4v) is 1.42. The summed E-state index contributed by atoms with van der Waals surface area (Å²) in [5.41, 5.74) is -0.660. The number of carbonyl (C=O) groups excluding carboxylic acids is 3. The van der Waals surface area contributed by atoms with Gasteiger partial charge in [-0.3, -0.25) is 4.90 Å². The molecule has 0 bridgehead atoms. The number of nitrogens with zero attached hydrogens (tertiary/aromatic N) is 1. The minimum absolute atomic E-state index is 0.211. The maximum atomic E-state index is 11.6. The molecule has 17 heavy (non-hydrogen) atoms. The zero-order chi connectivity index (χ0) is 13.2. The van der Waals surface area contributed by atoms with Gasteiger partial charge in [0.05, 0.1) is 6.61 Å². The van der Waals surface area contributed by atoms with Crippen molar-refractivity contribution in [3.05, 3.63) is 0 Å². The van der Waals surface area contributed by atoms with Crippen LogP contribution in [0.4, 0.5) is 4.79 Å². The summed E-state index contributed by atoms with van der Waals surface area (Å²) in [6, 6.07) is -1.59. The van der Waals surface area contributed by atoms with Crippen molar-refractivity contribution in [2.75, 3.05) is 6.61 Å². The molecule has 1 fully saturated rings. The molecule has 1 rings (SSSR count). The first-order valence-corrected chi connectivity index (χ1v) is 5.45. The van der Waals surface area contributed by atoms with Crippen LogP contribution in [0.2, 0.25) is 0 Å². The highest BCUT2D eigenvalue weighted by molar-refractivity contribution is 5.95. The maximum absolute atomic E-state index is 11.6. The molecule has 1 saturated heterocycles. The molecule has 0 aromatic carbocycles. The van der Waals surface area contributed by atoms with Crippen molar-refractivity contribution < 1.29 is 23.9 Å². The molecule has 0 aliphatic carbocycles. The molecule has 0 aromatic heterocycles. The van der Waals surface area contributed by atoms with Crippen molar-refractivity contribution in [1.29, 1.82) is 0 Å². The first-order valence-electron chi connectivity index (χ1n) is 5.45. The molecule has 1 heterocycles. The summed E-state index contributed by atoms with van der Waals surface area (Å²) in [4.78, 5) is 34.9. The lowest BCUT2D eigenvalue weighted by molar-refractivity contribution is -0.143. The Morgan fingerprint density at radius 1 is 1.35 bits per heavy atom. The van der Waals surface area contributed by atoms with Crippen LogP contribution in [-0.2, 0) is 19.1 Å². The smallest absolute Gasteiger partial charge is 0.411 e. The molecule has 0 aromatic rings. The molecule has 96 valence electrons. The average molecular weight is 243 g/mol. The van der Waals surface area contributed by atoms with E-state index in [-0.39, 0.29) is 6.61 Å². The molecule has 1 amide bonds. The lowest BCUT2D eigenvalue weighted by Crippen LogP contribution is -2.29. The number of amides is 1. The van der Waals surface area contributed by atoms with Crippen LogP contribution in [0.1, 0.15) is 27.7 Å². The Balaban J connectivity index is 2.63. The second-order valence-corrected chi connectivity index (χ2v) is 4.71. The SMILES string of the molecule is CCOC(=O)[C@@H]1[C@@H](C=O)N1C(=O)OC(C)(C)C. The Kier molecular flexibility index (Phi) is 3.75. The van der Waals surface area contributed by atoms with Crippen LogP contribution in [0.5, 0.6) is 0 Å². The lowest BCUT2D eigenvalue weighted by atomic mass is 10.2. The van der Waals surface area contributed by atoms with Crippen LogP contribution in [0.3, 0.4) is 0 Å². The topological polar surface area (TPSA) is 72.7 Å². The monoisotopic (exact) mass is 243 g/mol. The van der Waals surface area contributed by atoms with E-state index in [4.69, 9.17) is 9.47 Å². The van der Waals surface area contributed by atoms with Crippen LogP contribution < -0.4 is 0 Å². The summed E-state index contributed by atoms with van der Waals surface area (Å²) in [7, 11) is 0. The van der Waals surface area contributed by atoms with Gasteiger partial charge >= 0.3 is 12.1 Å². The van der Waals surface area contributed by atoms with Gasteiger partial charge in [-0.2, -0.15) is 0 Å². The van der Waals surface area contributed by atoms with E-state index in [1.54, 1.807) is 27.7 Å². The molecule has 0 saturated carbocycles. The van der Waals surface area contributed by atoms with Crippen molar-refractivity contribution >= 4 is 18.3 Å². The second-order valence-electron chi connectivity index (χ2n) is 4.71. The van der Waals surface area contributed by atoms with E-state index in [1.807, 2.05) is 0 Å². The predicted octanol–water partition coefficient (Wildman–Crippen LogP) is 0.736. The van der Waals surface area contributed by atoms with Crippen molar-refractivity contribution in [2.24, 2.45) is 0 Å². The molecule has 0 radical (unpaired) electrons. The van der Waals surface area contributed by atoms with E-state index in [0.717, 1.165) is 4.90 Å². The van der Waals surface area contributed by atoms with E-state index in [2.05, 4.69) is 0 Å². The maximum Gasteiger partial charge on any atom is 0.411 e. The van der Waals surface area contributed by atoms with E-state index in [0.29, 0.717) is 6.29 Å². The highest BCUT2D eigenvalue weighted by Gasteiger charge is 2.58. The van der Waals surface area contributed by atoms with Gasteiger partial charge in [0.2, 0.25) is 0 Å². The summed E-state index contributed by atoms with van der Waals surface area (Å²) in [6.45, 7) is 7.01. The standard InChI is InChI=1S/C11H17NO5/c1-5-16-9(14)8-7(6-13)12(8)10(15)17-11(2,3)4/h6-8H,5H2,1-4H3/t7-,8+,12?/m1/s1. The van der Waals surface area contributed by atoms with Gasteiger partial charge in [0.15, 0.2) is 6.04 Å². The zero-order valence-electron chi connectivity index (χ0n) is 10.4. The number of rotatable bonds is 3. The summed E-state index contributed by atoms with van der Waals surface area (Å²) in [5, 5.41) is 0. The van der Waals surface area contributed by atoms with Crippen LogP contribution in [0.15, 0.2) is 0 Å². The summed E-state index contributed by atoms with van der Waals surface area (Å²) < 4.78 is 9.83. The van der Waals surface area contributed by atoms with Gasteiger partial charge in [0.1, 0.15) is 17.9 Å². The van der Waals surface area contributed by atoms with E-state index in [1.165, 1.54) is 0 Å². The molecule has 1 aliphatic heterocycles. The molecule has 1 aliphatic rings. The Morgan fingerprint density at radius 2 is 1.94 bits per heavy atom. The molecular formula is C11H17NO5. The highest BCUT2D eigenvalue weighted by Crippen LogP contribution is 2.30. The third kappa shape index (κ3) is 3.18. The van der Waals surface area contributed by atoms with Crippen LogP contribution in [0.25, 0.3) is 0 Å². The van der Waals surface area contributed by atoms with Gasteiger partial charge < -0.3 is 14.3 Å². The van der Waals surface area contributed by atoms with Gasteiger partial charge in [-0.1, -0.05) is 0 Å². The Bertz CT molecular complexity index is 333. The summed E-state index contributed by atoms with van der Waals surface area (Å²) >= 11 is 0. The van der Waals surface area contributed by atoms with E-state index >= 15 is 0 Å².